The lowest BCUT2D eigenvalue weighted by molar-refractivity contribution is -0.139. The SMILES string of the molecule is CCOCC(=O)Oc1c(C)cccc1C(=O)OC. The quantitative estimate of drug-likeness (QED) is 0.590. The number of para-hydroxylation sites is 1. The smallest absolute Gasteiger partial charge is 0.341 e. The Hall–Kier alpha value is -1.88. The largest absolute Gasteiger partial charge is 0.465 e. The molecule has 0 amide bonds. The van der Waals surface area contributed by atoms with Gasteiger partial charge in [-0.2, -0.15) is 0 Å². The molecule has 0 atom stereocenters. The topological polar surface area (TPSA) is 61.8 Å². The van der Waals surface area contributed by atoms with E-state index in [2.05, 4.69) is 4.74 Å². The molecule has 0 aliphatic heterocycles. The van der Waals surface area contributed by atoms with Crippen molar-refractivity contribution in [1.29, 1.82) is 0 Å². The Morgan fingerprint density at radius 3 is 2.61 bits per heavy atom. The summed E-state index contributed by atoms with van der Waals surface area (Å²) >= 11 is 0. The Balaban J connectivity index is 2.92. The van der Waals surface area contributed by atoms with Gasteiger partial charge in [-0.1, -0.05) is 12.1 Å². The van der Waals surface area contributed by atoms with Crippen molar-refractivity contribution in [2.24, 2.45) is 0 Å². The van der Waals surface area contributed by atoms with Gasteiger partial charge in [-0.3, -0.25) is 0 Å². The van der Waals surface area contributed by atoms with Gasteiger partial charge in [-0.15, -0.1) is 0 Å². The van der Waals surface area contributed by atoms with E-state index in [4.69, 9.17) is 9.47 Å². The fraction of sp³-hybridized carbons (Fsp3) is 0.385. The summed E-state index contributed by atoms with van der Waals surface area (Å²) in [6.07, 6.45) is 0. The van der Waals surface area contributed by atoms with Gasteiger partial charge >= 0.3 is 11.9 Å². The molecular weight excluding hydrogens is 236 g/mol. The van der Waals surface area contributed by atoms with E-state index in [-0.39, 0.29) is 17.9 Å². The molecule has 1 aromatic carbocycles. The van der Waals surface area contributed by atoms with Crippen molar-refractivity contribution in [3.8, 4) is 5.75 Å². The zero-order valence-electron chi connectivity index (χ0n) is 10.7. The summed E-state index contributed by atoms with van der Waals surface area (Å²) in [7, 11) is 1.27. The van der Waals surface area contributed by atoms with Crippen LogP contribution >= 0.6 is 0 Å². The minimum atomic E-state index is -0.545. The van der Waals surface area contributed by atoms with Gasteiger partial charge in [0.2, 0.25) is 0 Å². The van der Waals surface area contributed by atoms with E-state index in [0.29, 0.717) is 12.2 Å². The molecule has 98 valence electrons. The second-order valence-electron chi connectivity index (χ2n) is 3.55. The lowest BCUT2D eigenvalue weighted by Crippen LogP contribution is -2.18. The highest BCUT2D eigenvalue weighted by molar-refractivity contribution is 5.94. The maximum Gasteiger partial charge on any atom is 0.341 e. The first-order valence-corrected chi connectivity index (χ1v) is 5.56. The molecule has 1 aromatic rings. The van der Waals surface area contributed by atoms with Crippen molar-refractivity contribution in [3.05, 3.63) is 29.3 Å². The molecule has 1 rings (SSSR count). The maximum absolute atomic E-state index is 11.5. The Bertz CT molecular complexity index is 439. The van der Waals surface area contributed by atoms with Gasteiger partial charge in [0.25, 0.3) is 0 Å². The second kappa shape index (κ2) is 6.76. The van der Waals surface area contributed by atoms with Crippen molar-refractivity contribution >= 4 is 11.9 Å². The zero-order valence-corrected chi connectivity index (χ0v) is 10.7. The number of hydrogen-bond donors (Lipinski definition) is 0. The van der Waals surface area contributed by atoms with Crippen LogP contribution in [0.1, 0.15) is 22.8 Å². The van der Waals surface area contributed by atoms with Crippen LogP contribution in [0.15, 0.2) is 18.2 Å². The van der Waals surface area contributed by atoms with E-state index in [0.717, 1.165) is 0 Å². The number of ether oxygens (including phenoxy) is 3. The highest BCUT2D eigenvalue weighted by Crippen LogP contribution is 2.24. The lowest BCUT2D eigenvalue weighted by atomic mass is 10.1. The van der Waals surface area contributed by atoms with Crippen LogP contribution in [0.5, 0.6) is 5.75 Å². The van der Waals surface area contributed by atoms with Gasteiger partial charge in [0.1, 0.15) is 17.9 Å². The van der Waals surface area contributed by atoms with Crippen molar-refractivity contribution in [3.63, 3.8) is 0 Å². The molecule has 0 heterocycles. The molecule has 0 aromatic heterocycles. The number of rotatable bonds is 5. The third-order valence-electron chi connectivity index (χ3n) is 2.26. The Morgan fingerprint density at radius 1 is 1.28 bits per heavy atom. The van der Waals surface area contributed by atoms with E-state index in [1.807, 2.05) is 0 Å². The van der Waals surface area contributed by atoms with E-state index < -0.39 is 11.9 Å². The number of carbonyl (C=O) groups excluding carboxylic acids is 2. The first-order chi connectivity index (χ1) is 8.60. The molecule has 5 heteroatoms. The standard InChI is InChI=1S/C13H16O5/c1-4-17-8-11(14)18-12-9(2)6-5-7-10(12)13(15)16-3/h5-7H,4,8H2,1-3H3. The van der Waals surface area contributed by atoms with Gasteiger partial charge in [-0.05, 0) is 25.5 Å². The molecule has 0 N–H and O–H groups in total. The molecule has 0 fully saturated rings. The summed E-state index contributed by atoms with van der Waals surface area (Å²) in [4.78, 5) is 23.0. The van der Waals surface area contributed by atoms with Gasteiger partial charge in [-0.25, -0.2) is 9.59 Å². The fourth-order valence-electron chi connectivity index (χ4n) is 1.39. The minimum absolute atomic E-state index is 0.147. The molecule has 0 aliphatic carbocycles. The van der Waals surface area contributed by atoms with Crippen LogP contribution in [0.3, 0.4) is 0 Å². The number of aryl methyl sites for hydroxylation is 1. The summed E-state index contributed by atoms with van der Waals surface area (Å²) in [5, 5.41) is 0. The highest BCUT2D eigenvalue weighted by Gasteiger charge is 2.17. The van der Waals surface area contributed by atoms with Crippen LogP contribution in [0.25, 0.3) is 0 Å². The Labute approximate surface area is 106 Å². The predicted octanol–water partition coefficient (Wildman–Crippen LogP) is 1.72. The van der Waals surface area contributed by atoms with E-state index in [9.17, 15) is 9.59 Å². The van der Waals surface area contributed by atoms with Crippen LogP contribution in [0.4, 0.5) is 0 Å². The molecule has 0 radical (unpaired) electrons. The molecule has 0 aliphatic rings. The number of benzene rings is 1. The zero-order chi connectivity index (χ0) is 13.5. The van der Waals surface area contributed by atoms with Gasteiger partial charge < -0.3 is 14.2 Å². The van der Waals surface area contributed by atoms with Crippen molar-refractivity contribution in [1.82, 2.24) is 0 Å². The molecule has 0 unspecified atom stereocenters. The molecule has 0 bridgehead atoms. The van der Waals surface area contributed by atoms with Crippen LogP contribution < -0.4 is 4.74 Å². The highest BCUT2D eigenvalue weighted by atomic mass is 16.6. The summed E-state index contributed by atoms with van der Waals surface area (Å²) in [5.41, 5.74) is 0.907. The lowest BCUT2D eigenvalue weighted by Gasteiger charge is -2.11. The van der Waals surface area contributed by atoms with Gasteiger partial charge in [0.15, 0.2) is 0 Å². The fourth-order valence-corrected chi connectivity index (χ4v) is 1.39. The van der Waals surface area contributed by atoms with Crippen molar-refractivity contribution in [2.75, 3.05) is 20.3 Å². The third kappa shape index (κ3) is 3.56. The normalized spacial score (nSPS) is 9.94. The number of methoxy groups -OCH3 is 1. The van der Waals surface area contributed by atoms with Crippen LogP contribution in [0.2, 0.25) is 0 Å². The minimum Gasteiger partial charge on any atom is -0.465 e. The van der Waals surface area contributed by atoms with Crippen molar-refractivity contribution in [2.45, 2.75) is 13.8 Å². The second-order valence-corrected chi connectivity index (χ2v) is 3.55. The Morgan fingerprint density at radius 2 is 2.00 bits per heavy atom. The molecule has 0 saturated heterocycles. The van der Waals surface area contributed by atoms with Gasteiger partial charge in [0.05, 0.1) is 7.11 Å². The number of hydrogen-bond acceptors (Lipinski definition) is 5. The predicted molar refractivity (Wildman–Crippen MR) is 64.6 cm³/mol. The summed E-state index contributed by atoms with van der Waals surface area (Å²) in [5.74, 6) is -0.872. The average molecular weight is 252 g/mol. The van der Waals surface area contributed by atoms with E-state index in [1.165, 1.54) is 7.11 Å². The molecule has 18 heavy (non-hydrogen) atoms. The summed E-state index contributed by atoms with van der Waals surface area (Å²) < 4.78 is 14.7. The number of esters is 2. The number of carbonyl (C=O) groups is 2. The third-order valence-corrected chi connectivity index (χ3v) is 2.26. The van der Waals surface area contributed by atoms with Gasteiger partial charge in [0, 0.05) is 6.61 Å². The monoisotopic (exact) mass is 252 g/mol. The summed E-state index contributed by atoms with van der Waals surface area (Å²) in [6.45, 7) is 3.80. The average Bonchev–Trinajstić information content (AvgIpc) is 2.37. The Kier molecular flexibility index (Phi) is 5.32. The molecule has 0 saturated carbocycles. The van der Waals surface area contributed by atoms with Crippen LogP contribution in [-0.2, 0) is 14.3 Å². The van der Waals surface area contributed by atoms with Crippen molar-refractivity contribution < 1.29 is 23.8 Å². The van der Waals surface area contributed by atoms with Crippen LogP contribution in [-0.4, -0.2) is 32.3 Å². The van der Waals surface area contributed by atoms with E-state index in [1.54, 1.807) is 32.0 Å². The molecule has 0 spiro atoms. The summed E-state index contributed by atoms with van der Waals surface area (Å²) in [6, 6.07) is 4.99. The maximum atomic E-state index is 11.5. The van der Waals surface area contributed by atoms with E-state index >= 15 is 0 Å². The van der Waals surface area contributed by atoms with Crippen LogP contribution in [0, 0.1) is 6.92 Å². The first-order valence-electron chi connectivity index (χ1n) is 5.56. The molecule has 5 nitrogen and oxygen atoms in total. The first kappa shape index (κ1) is 14.2. The molecular formula is C13H16O5.